The molecule has 10 nitrogen and oxygen atoms in total. The average Bonchev–Trinajstić information content (AvgIpc) is 3.36. The van der Waals surface area contributed by atoms with Crippen LogP contribution in [0.1, 0.15) is 57.3 Å². The Morgan fingerprint density at radius 1 is 1.15 bits per heavy atom. The molecule has 2 aliphatic heterocycles. The van der Waals surface area contributed by atoms with Crippen LogP contribution >= 0.6 is 0 Å². The van der Waals surface area contributed by atoms with Gasteiger partial charge in [0.2, 0.25) is 0 Å². The standard InChI is InChI=1S/C29H34O10/c1-15-10-11-26(25(3,4)34)20(15)29(35)24(33)37-13-27(29)18(31)12-19-28(14-36-19,39-16(2)30)21(27)22(26)38-23(32)17-8-6-5-7-9-17/h5-9,18-19,21-22,31,34-35H,10-14H2,1-4H3/t18-,19+,21?,22-,26-,27+,28-,29+/m0/s1. The molecular weight excluding hydrogens is 508 g/mol. The smallest absolute Gasteiger partial charge is 0.343 e. The van der Waals surface area contributed by atoms with Gasteiger partial charge in [0, 0.05) is 13.3 Å². The molecule has 1 unspecified atom stereocenters. The number of benzene rings is 1. The lowest BCUT2D eigenvalue weighted by Crippen LogP contribution is -2.85. The minimum atomic E-state index is -2.36. The van der Waals surface area contributed by atoms with Gasteiger partial charge in [-0.15, -0.1) is 0 Å². The van der Waals surface area contributed by atoms with E-state index in [-0.39, 0.29) is 37.2 Å². The van der Waals surface area contributed by atoms with Gasteiger partial charge in [0.25, 0.3) is 0 Å². The lowest BCUT2D eigenvalue weighted by molar-refractivity contribution is -0.368. The van der Waals surface area contributed by atoms with E-state index in [0.29, 0.717) is 12.0 Å². The SMILES string of the molecule is CC(=O)O[C@@]12CO[C@@H]1C[C@H](O)[C@@]13COC(=O)[C@]1(O)C1=C(C)CC[C@@]1(C(C)(C)O)[C@@H](OC(=O)c1ccccc1)C32. The fourth-order valence-corrected chi connectivity index (χ4v) is 8.61. The molecule has 0 aromatic heterocycles. The molecule has 2 heterocycles. The normalized spacial score (nSPS) is 42.4. The van der Waals surface area contributed by atoms with Crippen LogP contribution in [-0.2, 0) is 28.5 Å². The first-order valence-corrected chi connectivity index (χ1v) is 13.4. The summed E-state index contributed by atoms with van der Waals surface area (Å²) in [6.07, 6.45) is -2.75. The first kappa shape index (κ1) is 26.4. The van der Waals surface area contributed by atoms with Crippen LogP contribution in [0.4, 0.5) is 0 Å². The summed E-state index contributed by atoms with van der Waals surface area (Å²) in [4.78, 5) is 39.8. The van der Waals surface area contributed by atoms with Crippen LogP contribution in [0.25, 0.3) is 0 Å². The second kappa shape index (κ2) is 8.13. The van der Waals surface area contributed by atoms with Gasteiger partial charge in [-0.25, -0.2) is 9.59 Å². The predicted molar refractivity (Wildman–Crippen MR) is 133 cm³/mol. The molecule has 1 aromatic rings. The zero-order chi connectivity index (χ0) is 28.2. The van der Waals surface area contributed by atoms with E-state index >= 15 is 0 Å². The second-order valence-electron chi connectivity index (χ2n) is 12.3. The van der Waals surface area contributed by atoms with Crippen molar-refractivity contribution in [1.29, 1.82) is 0 Å². The molecule has 10 heteroatoms. The van der Waals surface area contributed by atoms with E-state index in [2.05, 4.69) is 0 Å². The maximum atomic E-state index is 13.7. The van der Waals surface area contributed by atoms with E-state index in [4.69, 9.17) is 18.9 Å². The summed E-state index contributed by atoms with van der Waals surface area (Å²) >= 11 is 0. The number of hydrogen-bond donors (Lipinski definition) is 3. The minimum absolute atomic E-state index is 0.0378. The van der Waals surface area contributed by atoms with Gasteiger partial charge in [0.1, 0.15) is 18.8 Å². The third-order valence-corrected chi connectivity index (χ3v) is 10.2. The van der Waals surface area contributed by atoms with Crippen LogP contribution in [0.5, 0.6) is 0 Å². The number of hydrogen-bond acceptors (Lipinski definition) is 10. The van der Waals surface area contributed by atoms with E-state index in [1.807, 2.05) is 0 Å². The zero-order valence-electron chi connectivity index (χ0n) is 22.4. The van der Waals surface area contributed by atoms with Crippen LogP contribution in [0, 0.1) is 16.7 Å². The molecule has 2 saturated heterocycles. The van der Waals surface area contributed by atoms with Crippen LogP contribution in [0.2, 0.25) is 0 Å². The lowest BCUT2D eigenvalue weighted by Gasteiger charge is -2.70. The highest BCUT2D eigenvalue weighted by Gasteiger charge is 2.88. The summed E-state index contributed by atoms with van der Waals surface area (Å²) in [7, 11) is 0. The molecule has 5 aliphatic rings. The van der Waals surface area contributed by atoms with Crippen molar-refractivity contribution in [1.82, 2.24) is 0 Å². The Hall–Kier alpha value is -2.79. The summed E-state index contributed by atoms with van der Waals surface area (Å²) in [5.74, 6) is -3.41. The van der Waals surface area contributed by atoms with E-state index in [1.54, 1.807) is 51.1 Å². The molecule has 39 heavy (non-hydrogen) atoms. The zero-order valence-corrected chi connectivity index (χ0v) is 22.4. The van der Waals surface area contributed by atoms with Gasteiger partial charge in [0.15, 0.2) is 11.2 Å². The molecule has 0 radical (unpaired) electrons. The van der Waals surface area contributed by atoms with Crippen LogP contribution in [0.3, 0.4) is 0 Å². The molecule has 8 atom stereocenters. The number of aliphatic hydroxyl groups excluding tert-OH is 1. The quantitative estimate of drug-likeness (QED) is 0.290. The number of aliphatic hydroxyl groups is 3. The van der Waals surface area contributed by atoms with Gasteiger partial charge in [-0.2, -0.15) is 0 Å². The van der Waals surface area contributed by atoms with Crippen LogP contribution in [0.15, 0.2) is 41.5 Å². The molecule has 3 N–H and O–H groups in total. The van der Waals surface area contributed by atoms with Crippen molar-refractivity contribution in [2.75, 3.05) is 13.2 Å². The summed E-state index contributed by atoms with van der Waals surface area (Å²) in [6, 6.07) is 8.34. The Balaban J connectivity index is 1.67. The van der Waals surface area contributed by atoms with E-state index in [0.717, 1.165) is 0 Å². The van der Waals surface area contributed by atoms with Crippen molar-refractivity contribution in [2.45, 2.75) is 82.1 Å². The fourth-order valence-electron chi connectivity index (χ4n) is 8.61. The second-order valence-corrected chi connectivity index (χ2v) is 12.3. The molecule has 1 aromatic carbocycles. The number of cyclic esters (lactones) is 1. The molecule has 2 saturated carbocycles. The molecule has 0 bridgehead atoms. The number of carbonyl (C=O) groups is 3. The van der Waals surface area contributed by atoms with Crippen molar-refractivity contribution < 1.29 is 48.7 Å². The van der Waals surface area contributed by atoms with Crippen molar-refractivity contribution in [2.24, 2.45) is 16.7 Å². The van der Waals surface area contributed by atoms with Gasteiger partial charge in [-0.1, -0.05) is 23.8 Å². The van der Waals surface area contributed by atoms with E-state index in [1.165, 1.54) is 6.92 Å². The van der Waals surface area contributed by atoms with Crippen molar-refractivity contribution in [3.8, 4) is 0 Å². The topological polar surface area (TPSA) is 149 Å². The van der Waals surface area contributed by atoms with Crippen molar-refractivity contribution in [3.05, 3.63) is 47.0 Å². The number of carbonyl (C=O) groups excluding carboxylic acids is 3. The van der Waals surface area contributed by atoms with Crippen molar-refractivity contribution >= 4 is 17.9 Å². The molecule has 210 valence electrons. The third kappa shape index (κ3) is 2.98. The monoisotopic (exact) mass is 542 g/mol. The Morgan fingerprint density at radius 3 is 2.44 bits per heavy atom. The minimum Gasteiger partial charge on any atom is -0.462 e. The van der Waals surface area contributed by atoms with Crippen LogP contribution < -0.4 is 0 Å². The Labute approximate surface area is 225 Å². The highest BCUT2D eigenvalue weighted by Crippen LogP contribution is 2.74. The number of ether oxygens (including phenoxy) is 4. The van der Waals surface area contributed by atoms with Gasteiger partial charge in [0.05, 0.1) is 40.6 Å². The highest BCUT2D eigenvalue weighted by atomic mass is 16.6. The maximum Gasteiger partial charge on any atom is 0.343 e. The Bertz CT molecular complexity index is 1280. The average molecular weight is 543 g/mol. The van der Waals surface area contributed by atoms with Gasteiger partial charge in [-0.3, -0.25) is 4.79 Å². The first-order valence-electron chi connectivity index (χ1n) is 13.4. The van der Waals surface area contributed by atoms with Crippen molar-refractivity contribution in [3.63, 3.8) is 0 Å². The summed E-state index contributed by atoms with van der Waals surface area (Å²) in [5, 5.41) is 36.3. The van der Waals surface area contributed by atoms with Gasteiger partial charge in [-0.05, 0) is 51.3 Å². The highest BCUT2D eigenvalue weighted by molar-refractivity contribution is 5.91. The predicted octanol–water partition coefficient (Wildman–Crippen LogP) is 1.45. The van der Waals surface area contributed by atoms with E-state index < -0.39 is 69.8 Å². The number of esters is 3. The summed E-state index contributed by atoms with van der Waals surface area (Å²) in [5.41, 5.74) is -7.53. The molecule has 4 fully saturated rings. The molecule has 6 rings (SSSR count). The third-order valence-electron chi connectivity index (χ3n) is 10.2. The number of fused-ring (bicyclic) bond motifs is 4. The summed E-state index contributed by atoms with van der Waals surface area (Å²) < 4.78 is 23.7. The molecule has 3 aliphatic carbocycles. The number of rotatable bonds is 4. The van der Waals surface area contributed by atoms with Gasteiger partial charge < -0.3 is 34.3 Å². The largest absolute Gasteiger partial charge is 0.462 e. The molecular formula is C29H34O10. The molecule has 1 spiro atoms. The van der Waals surface area contributed by atoms with Gasteiger partial charge >= 0.3 is 17.9 Å². The lowest BCUT2D eigenvalue weighted by atomic mass is 9.38. The number of allylic oxidation sites excluding steroid dienone is 1. The van der Waals surface area contributed by atoms with Crippen LogP contribution in [-0.4, -0.2) is 81.6 Å². The first-order chi connectivity index (χ1) is 18.3. The molecule has 0 amide bonds. The summed E-state index contributed by atoms with van der Waals surface area (Å²) in [6.45, 7) is 5.63. The Kier molecular flexibility index (Phi) is 5.51. The maximum absolute atomic E-state index is 13.7. The Morgan fingerprint density at radius 2 is 1.85 bits per heavy atom. The van der Waals surface area contributed by atoms with E-state index in [9.17, 15) is 29.7 Å². The fraction of sp³-hybridized carbons (Fsp3) is 0.621.